The Bertz CT molecular complexity index is 924. The lowest BCUT2D eigenvalue weighted by Gasteiger charge is -2.41. The first-order valence-electron chi connectivity index (χ1n) is 8.81. The Kier molecular flexibility index (Phi) is 5.15. The number of pyridine rings is 1. The Morgan fingerprint density at radius 1 is 1.31 bits per heavy atom. The van der Waals surface area contributed by atoms with Gasteiger partial charge in [-0.1, -0.05) is 0 Å². The van der Waals surface area contributed by atoms with E-state index in [0.717, 1.165) is 6.07 Å². The van der Waals surface area contributed by atoms with Gasteiger partial charge in [-0.05, 0) is 26.8 Å². The number of carbonyl (C=O) groups is 1. The molecule has 3 heterocycles. The van der Waals surface area contributed by atoms with Crippen molar-refractivity contribution in [3.8, 4) is 0 Å². The second kappa shape index (κ2) is 7.17. The molecule has 2 aromatic rings. The highest BCUT2D eigenvalue weighted by molar-refractivity contribution is 5.78. The molecule has 12 heteroatoms. The Labute approximate surface area is 165 Å². The molecule has 0 unspecified atom stereocenters. The van der Waals surface area contributed by atoms with Crippen LogP contribution in [0.1, 0.15) is 26.3 Å². The predicted octanol–water partition coefficient (Wildman–Crippen LogP) is 2.38. The third-order valence-electron chi connectivity index (χ3n) is 4.66. The lowest BCUT2D eigenvalue weighted by Crippen LogP contribution is -2.55. The van der Waals surface area contributed by atoms with Crippen LogP contribution in [0.4, 0.5) is 29.6 Å². The molecule has 0 atom stereocenters. The van der Waals surface area contributed by atoms with Gasteiger partial charge in [0.1, 0.15) is 11.6 Å². The van der Waals surface area contributed by atoms with Crippen LogP contribution in [0.15, 0.2) is 12.3 Å². The smallest absolute Gasteiger partial charge is 0.417 e. The lowest BCUT2D eigenvalue weighted by atomic mass is 10.1. The minimum atomic E-state index is -4.54. The highest BCUT2D eigenvalue weighted by atomic mass is 19.4. The maximum atomic E-state index is 12.9. The van der Waals surface area contributed by atoms with E-state index in [1.165, 1.54) is 4.90 Å². The number of hydrazine groups is 1. The molecule has 0 radical (unpaired) electrons. The van der Waals surface area contributed by atoms with E-state index in [1.807, 2.05) is 20.8 Å². The zero-order valence-corrected chi connectivity index (χ0v) is 16.4. The van der Waals surface area contributed by atoms with Crippen LogP contribution < -0.4 is 16.2 Å². The molecule has 0 spiro atoms. The molecular formula is C17H22F3N7O2. The number of ether oxygens (including phenoxy) is 1. The predicted molar refractivity (Wildman–Crippen MR) is 100 cm³/mol. The number of hydrogen-bond acceptors (Lipinski definition) is 8. The summed E-state index contributed by atoms with van der Waals surface area (Å²) in [7, 11) is 1.66. The third kappa shape index (κ3) is 4.26. The minimum absolute atomic E-state index is 0.0353. The average molecular weight is 413 g/mol. The van der Waals surface area contributed by atoms with Crippen LogP contribution in [0.25, 0.3) is 11.2 Å². The molecular weight excluding hydrogens is 391 g/mol. The first-order chi connectivity index (χ1) is 13.4. The van der Waals surface area contributed by atoms with Crippen LogP contribution in [0.3, 0.4) is 0 Å². The van der Waals surface area contributed by atoms with Crippen molar-refractivity contribution >= 4 is 28.9 Å². The number of amides is 1. The van der Waals surface area contributed by atoms with Crippen LogP contribution in [-0.4, -0.2) is 57.7 Å². The number of nitrogens with one attached hydrogen (secondary N) is 1. The summed E-state index contributed by atoms with van der Waals surface area (Å²) in [6.45, 7) is 6.37. The van der Waals surface area contributed by atoms with Gasteiger partial charge in [-0.2, -0.15) is 13.2 Å². The van der Waals surface area contributed by atoms with Gasteiger partial charge in [-0.15, -0.1) is 0 Å². The quantitative estimate of drug-likeness (QED) is 0.583. The highest BCUT2D eigenvalue weighted by Gasteiger charge is 2.36. The van der Waals surface area contributed by atoms with Gasteiger partial charge in [-0.3, -0.25) is 0 Å². The van der Waals surface area contributed by atoms with Crippen molar-refractivity contribution in [2.45, 2.75) is 38.6 Å². The summed E-state index contributed by atoms with van der Waals surface area (Å²) < 4.78 is 44.0. The van der Waals surface area contributed by atoms with E-state index in [1.54, 1.807) is 11.9 Å². The fraction of sp³-hybridized carbons (Fsp3) is 0.529. The van der Waals surface area contributed by atoms with Crippen molar-refractivity contribution in [3.63, 3.8) is 0 Å². The molecule has 3 N–H and O–H groups in total. The molecule has 3 rings (SSSR count). The molecule has 0 saturated carbocycles. The van der Waals surface area contributed by atoms with Crippen LogP contribution in [-0.2, 0) is 10.9 Å². The van der Waals surface area contributed by atoms with Crippen LogP contribution in [0.5, 0.6) is 0 Å². The number of rotatable bonds is 3. The number of carbonyl (C=O) groups excluding carboxylic acids is 1. The maximum absolute atomic E-state index is 12.9. The number of alkyl halides is 3. The maximum Gasteiger partial charge on any atom is 0.417 e. The topological polar surface area (TPSA) is 110 Å². The zero-order chi connectivity index (χ0) is 21.6. The molecule has 158 valence electrons. The normalized spacial score (nSPS) is 15.2. The molecule has 0 aliphatic carbocycles. The second-order valence-corrected chi connectivity index (χ2v) is 7.75. The van der Waals surface area contributed by atoms with Gasteiger partial charge >= 0.3 is 12.3 Å². The number of aromatic nitrogens is 3. The van der Waals surface area contributed by atoms with Gasteiger partial charge in [-0.25, -0.2) is 25.6 Å². The van der Waals surface area contributed by atoms with E-state index in [0.29, 0.717) is 25.1 Å². The summed E-state index contributed by atoms with van der Waals surface area (Å²) >= 11 is 0. The lowest BCUT2D eigenvalue weighted by molar-refractivity contribution is -0.137. The second-order valence-electron chi connectivity index (χ2n) is 7.75. The molecule has 1 aliphatic heterocycles. The highest BCUT2D eigenvalue weighted by Crippen LogP contribution is 2.32. The molecule has 29 heavy (non-hydrogen) atoms. The molecule has 1 amide bonds. The first-order valence-corrected chi connectivity index (χ1v) is 8.81. The summed E-state index contributed by atoms with van der Waals surface area (Å²) in [5.41, 5.74) is 1.07. The van der Waals surface area contributed by atoms with Crippen molar-refractivity contribution in [3.05, 3.63) is 17.8 Å². The van der Waals surface area contributed by atoms with Crippen LogP contribution >= 0.6 is 0 Å². The number of fused-ring (bicyclic) bond motifs is 1. The molecule has 1 saturated heterocycles. The third-order valence-corrected chi connectivity index (χ3v) is 4.66. The average Bonchev–Trinajstić information content (AvgIpc) is 2.60. The fourth-order valence-corrected chi connectivity index (χ4v) is 2.59. The summed E-state index contributed by atoms with van der Waals surface area (Å²) in [4.78, 5) is 27.5. The van der Waals surface area contributed by atoms with Crippen molar-refractivity contribution in [2.75, 3.05) is 30.5 Å². The van der Waals surface area contributed by atoms with Gasteiger partial charge in [0, 0.05) is 18.8 Å². The standard InChI is InChI=1S/C17H22F3N7O2/c1-16(2,3)26(4)15(28)29-10-7-27(8-10)14-13(25-21)23-11-5-9(17(18,19)20)6-22-12(11)24-14/h5-6,10H,7-8,21H2,1-4H3,(H,23,25). The van der Waals surface area contributed by atoms with E-state index < -0.39 is 17.8 Å². The number of halogens is 3. The van der Waals surface area contributed by atoms with E-state index in [-0.39, 0.29) is 28.6 Å². The summed E-state index contributed by atoms with van der Waals surface area (Å²) in [6.07, 6.45) is -4.62. The van der Waals surface area contributed by atoms with Crippen LogP contribution in [0, 0.1) is 0 Å². The molecule has 2 aromatic heterocycles. The number of nitrogen functional groups attached to an aromatic ring is 1. The van der Waals surface area contributed by atoms with Gasteiger partial charge in [0.2, 0.25) is 0 Å². The van der Waals surface area contributed by atoms with Crippen molar-refractivity contribution < 1.29 is 22.7 Å². The molecule has 0 aromatic carbocycles. The number of nitrogens with two attached hydrogens (primary N) is 1. The Morgan fingerprint density at radius 3 is 2.52 bits per heavy atom. The zero-order valence-electron chi connectivity index (χ0n) is 16.4. The summed E-state index contributed by atoms with van der Waals surface area (Å²) in [5.74, 6) is 5.90. The van der Waals surface area contributed by atoms with E-state index >= 15 is 0 Å². The molecule has 1 fully saturated rings. The Balaban J connectivity index is 1.75. The fourth-order valence-electron chi connectivity index (χ4n) is 2.59. The SMILES string of the molecule is CN(C(=O)OC1CN(c2nc3ncc(C(F)(F)F)cc3nc2NN)C1)C(C)(C)C. The van der Waals surface area contributed by atoms with Crippen molar-refractivity contribution in [1.29, 1.82) is 0 Å². The largest absolute Gasteiger partial charge is 0.442 e. The van der Waals surface area contributed by atoms with Gasteiger partial charge in [0.15, 0.2) is 17.3 Å². The molecule has 9 nitrogen and oxygen atoms in total. The van der Waals surface area contributed by atoms with Gasteiger partial charge < -0.3 is 20.0 Å². The monoisotopic (exact) mass is 413 g/mol. The van der Waals surface area contributed by atoms with Crippen molar-refractivity contribution in [2.24, 2.45) is 5.84 Å². The van der Waals surface area contributed by atoms with E-state index in [2.05, 4.69) is 20.4 Å². The van der Waals surface area contributed by atoms with Gasteiger partial charge in [0.25, 0.3) is 0 Å². The van der Waals surface area contributed by atoms with E-state index in [4.69, 9.17) is 10.6 Å². The number of nitrogens with zero attached hydrogens (tertiary/aromatic N) is 5. The number of anilines is 2. The van der Waals surface area contributed by atoms with Crippen LogP contribution in [0.2, 0.25) is 0 Å². The van der Waals surface area contributed by atoms with Gasteiger partial charge in [0.05, 0.1) is 18.7 Å². The Morgan fingerprint density at radius 2 is 1.97 bits per heavy atom. The summed E-state index contributed by atoms with van der Waals surface area (Å²) in [6, 6.07) is 0.864. The first kappa shape index (κ1) is 20.8. The molecule has 1 aliphatic rings. The molecule has 0 bridgehead atoms. The Hall–Kier alpha value is -2.89. The summed E-state index contributed by atoms with van der Waals surface area (Å²) in [5, 5.41) is 0. The van der Waals surface area contributed by atoms with E-state index in [9.17, 15) is 18.0 Å². The minimum Gasteiger partial charge on any atom is -0.442 e. The number of hydrogen-bond donors (Lipinski definition) is 2. The van der Waals surface area contributed by atoms with Crippen molar-refractivity contribution in [1.82, 2.24) is 19.9 Å².